The lowest BCUT2D eigenvalue weighted by molar-refractivity contribution is -0.127. The van der Waals surface area contributed by atoms with Crippen LogP contribution in [0.5, 0.6) is 11.5 Å². The van der Waals surface area contributed by atoms with Gasteiger partial charge < -0.3 is 19.7 Å². The van der Waals surface area contributed by atoms with E-state index >= 15 is 0 Å². The van der Waals surface area contributed by atoms with Crippen molar-refractivity contribution in [2.45, 2.75) is 18.9 Å². The number of amides is 1. The third kappa shape index (κ3) is 4.18. The number of anilines is 2. The first-order valence-electron chi connectivity index (χ1n) is 11.7. The van der Waals surface area contributed by atoms with Crippen LogP contribution in [0.1, 0.15) is 18.4 Å². The smallest absolute Gasteiger partial charge is 0.245 e. The van der Waals surface area contributed by atoms with Gasteiger partial charge in [-0.25, -0.2) is 0 Å². The number of aryl methyl sites for hydroxylation is 1. The third-order valence-electron chi connectivity index (χ3n) is 6.52. The molecule has 1 aliphatic rings. The number of hydrogen-bond donors (Lipinski definition) is 1. The van der Waals surface area contributed by atoms with Crippen LogP contribution in [0.4, 0.5) is 11.4 Å². The van der Waals surface area contributed by atoms with E-state index in [4.69, 9.17) is 9.47 Å². The fourth-order valence-corrected chi connectivity index (χ4v) is 4.64. The maximum Gasteiger partial charge on any atom is 0.245 e. The van der Waals surface area contributed by atoms with Crippen molar-refractivity contribution in [3.8, 4) is 17.6 Å². The monoisotopic (exact) mass is 482 g/mol. The van der Waals surface area contributed by atoms with Crippen LogP contribution in [0, 0.1) is 11.3 Å². The fourth-order valence-electron chi connectivity index (χ4n) is 4.64. The third-order valence-corrected chi connectivity index (χ3v) is 6.52. The summed E-state index contributed by atoms with van der Waals surface area (Å²) >= 11 is 0. The molecule has 5 rings (SSSR count). The number of pyridine rings is 1. The molecule has 182 valence electrons. The minimum Gasteiger partial charge on any atom is -0.493 e. The number of ether oxygens (including phenoxy) is 2. The fraction of sp³-hybridized carbons (Fsp3) is 0.259. The Kier molecular flexibility index (Phi) is 6.17. The Morgan fingerprint density at radius 1 is 1.25 bits per heavy atom. The Morgan fingerprint density at radius 3 is 2.78 bits per heavy atom. The predicted molar refractivity (Wildman–Crippen MR) is 137 cm³/mol. The maximum absolute atomic E-state index is 11.9. The number of nitrogens with one attached hydrogen (secondary N) is 1. The van der Waals surface area contributed by atoms with Gasteiger partial charge in [-0.2, -0.15) is 10.4 Å². The van der Waals surface area contributed by atoms with Gasteiger partial charge in [0.25, 0.3) is 0 Å². The normalized spacial score (nSPS) is 14.0. The molecule has 9 heteroatoms. The van der Waals surface area contributed by atoms with E-state index in [9.17, 15) is 10.1 Å². The molecule has 0 unspecified atom stereocenters. The number of methoxy groups -OCH3 is 1. The van der Waals surface area contributed by atoms with E-state index in [2.05, 4.69) is 28.0 Å². The Hall–Kier alpha value is -4.58. The molecular formula is C27H26N6O3. The molecule has 0 spiro atoms. The number of likely N-dealkylation sites (tertiary alicyclic amines) is 1. The van der Waals surface area contributed by atoms with Gasteiger partial charge in [0.15, 0.2) is 11.5 Å². The quantitative estimate of drug-likeness (QED) is 0.409. The summed E-state index contributed by atoms with van der Waals surface area (Å²) in [6, 6.07) is 11.8. The molecule has 0 aliphatic carbocycles. The number of carbonyl (C=O) groups excluding carboxylic acids is 1. The Labute approximate surface area is 208 Å². The standard InChI is InChI=1S/C27H26N6O3/c1-4-25(34)33-10-8-19(9-11-33)36-24-12-20-22(13-23(24)35-3)29-15-18(14-28)26(20)31-21-7-5-6-17-16-30-32(2)27(17)21/h4-7,12-13,15-16,19H,1,8-11H2,2-3H3,(H,29,31). The van der Waals surface area contributed by atoms with Crippen LogP contribution in [0.3, 0.4) is 0 Å². The molecule has 9 nitrogen and oxygen atoms in total. The number of nitriles is 1. The lowest BCUT2D eigenvalue weighted by Gasteiger charge is -2.31. The Morgan fingerprint density at radius 2 is 2.06 bits per heavy atom. The minimum atomic E-state index is -0.0723. The van der Waals surface area contributed by atoms with Crippen LogP contribution in [0.2, 0.25) is 0 Å². The number of fused-ring (bicyclic) bond motifs is 2. The molecule has 2 aromatic heterocycles. The number of aromatic nitrogens is 3. The first kappa shape index (κ1) is 23.2. The largest absolute Gasteiger partial charge is 0.493 e. The van der Waals surface area contributed by atoms with Gasteiger partial charge in [0.2, 0.25) is 5.91 Å². The van der Waals surface area contributed by atoms with Crippen molar-refractivity contribution in [1.29, 1.82) is 5.26 Å². The van der Waals surface area contributed by atoms with Gasteiger partial charge in [-0.1, -0.05) is 18.7 Å². The molecule has 1 saturated heterocycles. The highest BCUT2D eigenvalue weighted by Gasteiger charge is 2.24. The molecule has 1 fully saturated rings. The summed E-state index contributed by atoms with van der Waals surface area (Å²) < 4.78 is 13.8. The summed E-state index contributed by atoms with van der Waals surface area (Å²) in [5.41, 5.74) is 3.47. The average molecular weight is 483 g/mol. The summed E-state index contributed by atoms with van der Waals surface area (Å²) in [4.78, 5) is 18.2. The summed E-state index contributed by atoms with van der Waals surface area (Å²) in [7, 11) is 3.47. The Balaban J connectivity index is 1.53. The minimum absolute atomic E-state index is 0.0639. The van der Waals surface area contributed by atoms with Crippen molar-refractivity contribution in [3.63, 3.8) is 0 Å². The van der Waals surface area contributed by atoms with Gasteiger partial charge in [0.1, 0.15) is 12.2 Å². The van der Waals surface area contributed by atoms with Crippen molar-refractivity contribution in [2.24, 2.45) is 7.05 Å². The molecular weight excluding hydrogens is 456 g/mol. The van der Waals surface area contributed by atoms with Gasteiger partial charge >= 0.3 is 0 Å². The van der Waals surface area contributed by atoms with E-state index in [-0.39, 0.29) is 12.0 Å². The molecule has 1 amide bonds. The maximum atomic E-state index is 11.9. The number of carbonyl (C=O) groups is 1. The second-order valence-corrected chi connectivity index (χ2v) is 8.66. The van der Waals surface area contributed by atoms with Gasteiger partial charge in [-0.05, 0) is 18.2 Å². The van der Waals surface area contributed by atoms with Crippen molar-refractivity contribution in [3.05, 3.63) is 60.9 Å². The number of rotatable bonds is 6. The number of benzene rings is 2. The van der Waals surface area contributed by atoms with E-state index in [1.807, 2.05) is 37.4 Å². The summed E-state index contributed by atoms with van der Waals surface area (Å²) in [5, 5.41) is 19.4. The zero-order valence-corrected chi connectivity index (χ0v) is 20.2. The average Bonchev–Trinajstić information content (AvgIpc) is 3.30. The molecule has 0 atom stereocenters. The first-order valence-corrected chi connectivity index (χ1v) is 11.7. The van der Waals surface area contributed by atoms with Gasteiger partial charge in [0.05, 0.1) is 41.3 Å². The van der Waals surface area contributed by atoms with Crippen LogP contribution < -0.4 is 14.8 Å². The van der Waals surface area contributed by atoms with Crippen LogP contribution in [0.25, 0.3) is 21.8 Å². The number of piperidine rings is 1. The molecule has 0 radical (unpaired) electrons. The molecule has 0 saturated carbocycles. The second kappa shape index (κ2) is 9.58. The van der Waals surface area contributed by atoms with Gasteiger partial charge in [-0.3, -0.25) is 14.5 Å². The zero-order chi connectivity index (χ0) is 25.2. The highest BCUT2D eigenvalue weighted by atomic mass is 16.5. The zero-order valence-electron chi connectivity index (χ0n) is 20.2. The number of para-hydroxylation sites is 1. The van der Waals surface area contributed by atoms with E-state index in [1.165, 1.54) is 6.08 Å². The molecule has 3 heterocycles. The SMILES string of the molecule is C=CC(=O)N1CCC(Oc2cc3c(Nc4cccc5cnn(C)c45)c(C#N)cnc3cc2OC)CC1. The first-order chi connectivity index (χ1) is 17.5. The summed E-state index contributed by atoms with van der Waals surface area (Å²) in [6.07, 6.45) is 6.03. The highest BCUT2D eigenvalue weighted by molar-refractivity contribution is 6.01. The second-order valence-electron chi connectivity index (χ2n) is 8.66. The molecule has 4 aromatic rings. The Bertz CT molecular complexity index is 1510. The highest BCUT2D eigenvalue weighted by Crippen LogP contribution is 2.39. The van der Waals surface area contributed by atoms with Crippen LogP contribution in [0.15, 0.2) is 55.4 Å². The van der Waals surface area contributed by atoms with Gasteiger partial charge in [-0.15, -0.1) is 0 Å². The van der Waals surface area contributed by atoms with Crippen molar-refractivity contribution in [2.75, 3.05) is 25.5 Å². The molecule has 1 aliphatic heterocycles. The van der Waals surface area contributed by atoms with Crippen LogP contribution in [-0.4, -0.2) is 51.9 Å². The molecule has 2 aromatic carbocycles. The molecule has 1 N–H and O–H groups in total. The van der Waals surface area contributed by atoms with E-state index in [0.717, 1.165) is 22.0 Å². The van der Waals surface area contributed by atoms with E-state index in [1.54, 1.807) is 29.1 Å². The number of nitrogens with zero attached hydrogens (tertiary/aromatic N) is 5. The lowest BCUT2D eigenvalue weighted by Crippen LogP contribution is -2.41. The van der Waals surface area contributed by atoms with Crippen molar-refractivity contribution < 1.29 is 14.3 Å². The van der Waals surface area contributed by atoms with Crippen molar-refractivity contribution in [1.82, 2.24) is 19.7 Å². The molecule has 0 bridgehead atoms. The summed E-state index contributed by atoms with van der Waals surface area (Å²) in [6.45, 7) is 4.77. The number of hydrogen-bond acceptors (Lipinski definition) is 7. The van der Waals surface area contributed by atoms with E-state index in [0.29, 0.717) is 54.2 Å². The van der Waals surface area contributed by atoms with E-state index < -0.39 is 0 Å². The predicted octanol–water partition coefficient (Wildman–Crippen LogP) is 4.30. The van der Waals surface area contributed by atoms with Gasteiger partial charge in [0, 0.05) is 56.0 Å². The topological polar surface area (TPSA) is 105 Å². The molecule has 36 heavy (non-hydrogen) atoms. The van der Waals surface area contributed by atoms with Crippen LogP contribution >= 0.6 is 0 Å². The lowest BCUT2D eigenvalue weighted by atomic mass is 10.1. The van der Waals surface area contributed by atoms with Crippen LogP contribution in [-0.2, 0) is 11.8 Å². The summed E-state index contributed by atoms with van der Waals surface area (Å²) in [5.74, 6) is 1.06. The van der Waals surface area contributed by atoms with Crippen molar-refractivity contribution >= 4 is 39.1 Å².